The molecule has 1 saturated heterocycles. The third kappa shape index (κ3) is 3.64. The van der Waals surface area contributed by atoms with Crippen molar-refractivity contribution in [3.8, 4) is 17.2 Å². The summed E-state index contributed by atoms with van der Waals surface area (Å²) in [4.78, 5) is 13.4. The van der Waals surface area contributed by atoms with Gasteiger partial charge in [-0.25, -0.2) is 0 Å². The van der Waals surface area contributed by atoms with Gasteiger partial charge >= 0.3 is 0 Å². The van der Waals surface area contributed by atoms with Crippen LogP contribution in [0.15, 0.2) is 42.5 Å². The van der Waals surface area contributed by atoms with Gasteiger partial charge in [0.1, 0.15) is 5.75 Å². The van der Waals surface area contributed by atoms with Crippen LogP contribution in [0.2, 0.25) is 0 Å². The maximum Gasteiger partial charge on any atom is 0.235 e. The van der Waals surface area contributed by atoms with Gasteiger partial charge in [-0.1, -0.05) is 6.07 Å². The lowest BCUT2D eigenvalue weighted by Gasteiger charge is -2.36. The Morgan fingerprint density at radius 1 is 1.04 bits per heavy atom. The zero-order valence-corrected chi connectivity index (χ0v) is 16.2. The first kappa shape index (κ1) is 18.6. The summed E-state index contributed by atoms with van der Waals surface area (Å²) in [6, 6.07) is 13.2. The van der Waals surface area contributed by atoms with Gasteiger partial charge < -0.3 is 24.3 Å². The lowest BCUT2D eigenvalue weighted by atomic mass is 9.73. The molecule has 0 unspecified atom stereocenters. The van der Waals surface area contributed by atoms with Gasteiger partial charge in [-0.15, -0.1) is 0 Å². The first-order valence-corrected chi connectivity index (χ1v) is 9.63. The maximum absolute atomic E-state index is 13.4. The quantitative estimate of drug-likeness (QED) is 0.849. The van der Waals surface area contributed by atoms with Crippen molar-refractivity contribution in [2.75, 3.05) is 25.3 Å². The molecule has 1 fully saturated rings. The molecular weight excluding hydrogens is 358 g/mol. The molecule has 2 aromatic carbocycles. The van der Waals surface area contributed by atoms with Crippen molar-refractivity contribution in [1.82, 2.24) is 0 Å². The van der Waals surface area contributed by atoms with E-state index in [1.165, 1.54) is 0 Å². The molecule has 6 nitrogen and oxygen atoms in total. The van der Waals surface area contributed by atoms with Crippen molar-refractivity contribution in [3.05, 3.63) is 48.0 Å². The highest BCUT2D eigenvalue weighted by Gasteiger charge is 2.42. The number of ether oxygens (including phenoxy) is 4. The molecule has 0 atom stereocenters. The lowest BCUT2D eigenvalue weighted by Crippen LogP contribution is -2.44. The van der Waals surface area contributed by atoms with E-state index >= 15 is 0 Å². The van der Waals surface area contributed by atoms with E-state index < -0.39 is 5.41 Å². The summed E-state index contributed by atoms with van der Waals surface area (Å²) >= 11 is 0. The van der Waals surface area contributed by atoms with Gasteiger partial charge in [0.15, 0.2) is 11.5 Å². The summed E-state index contributed by atoms with van der Waals surface area (Å²) in [5.74, 6) is 2.15. The Bertz CT molecular complexity index is 841. The third-order valence-electron chi connectivity index (χ3n) is 5.19. The largest absolute Gasteiger partial charge is 0.491 e. The Morgan fingerprint density at radius 3 is 2.46 bits per heavy atom. The number of nitrogens with one attached hydrogen (secondary N) is 1. The highest BCUT2D eigenvalue weighted by Crippen LogP contribution is 2.41. The average molecular weight is 383 g/mol. The molecule has 0 spiro atoms. The minimum Gasteiger partial charge on any atom is -0.491 e. The minimum absolute atomic E-state index is 0.0350. The van der Waals surface area contributed by atoms with Gasteiger partial charge in [0.05, 0.1) is 11.5 Å². The van der Waals surface area contributed by atoms with E-state index in [0.29, 0.717) is 37.6 Å². The zero-order chi connectivity index (χ0) is 19.6. The molecule has 1 amide bonds. The molecule has 0 aliphatic carbocycles. The molecule has 0 radical (unpaired) electrons. The predicted octanol–water partition coefficient (Wildman–Crippen LogP) is 3.89. The van der Waals surface area contributed by atoms with Crippen molar-refractivity contribution in [3.63, 3.8) is 0 Å². The van der Waals surface area contributed by atoms with Crippen LogP contribution in [0.5, 0.6) is 17.2 Å². The Hall–Kier alpha value is -2.73. The maximum atomic E-state index is 13.4. The van der Waals surface area contributed by atoms with Gasteiger partial charge in [0, 0.05) is 18.9 Å². The first-order valence-electron chi connectivity index (χ1n) is 9.63. The van der Waals surface area contributed by atoms with Gasteiger partial charge in [0.2, 0.25) is 12.7 Å². The number of rotatable bonds is 5. The summed E-state index contributed by atoms with van der Waals surface area (Å²) in [6.45, 7) is 5.27. The van der Waals surface area contributed by atoms with Crippen molar-refractivity contribution >= 4 is 11.6 Å². The predicted molar refractivity (Wildman–Crippen MR) is 105 cm³/mol. The fourth-order valence-corrected chi connectivity index (χ4v) is 3.70. The second-order valence-electron chi connectivity index (χ2n) is 7.41. The Balaban J connectivity index is 1.58. The van der Waals surface area contributed by atoms with Crippen LogP contribution < -0.4 is 19.5 Å². The minimum atomic E-state index is -0.660. The van der Waals surface area contributed by atoms with E-state index in [0.717, 1.165) is 17.0 Å². The van der Waals surface area contributed by atoms with Crippen LogP contribution in [0.3, 0.4) is 0 Å². The third-order valence-corrected chi connectivity index (χ3v) is 5.19. The monoisotopic (exact) mass is 383 g/mol. The average Bonchev–Trinajstić information content (AvgIpc) is 3.17. The highest BCUT2D eigenvalue weighted by atomic mass is 16.7. The van der Waals surface area contributed by atoms with Crippen LogP contribution in [0, 0.1) is 0 Å². The van der Waals surface area contributed by atoms with Crippen molar-refractivity contribution in [2.24, 2.45) is 0 Å². The molecule has 0 bridgehead atoms. The summed E-state index contributed by atoms with van der Waals surface area (Å²) in [5, 5.41) is 3.08. The second kappa shape index (κ2) is 7.72. The molecule has 0 aromatic heterocycles. The Labute approximate surface area is 164 Å². The smallest absolute Gasteiger partial charge is 0.235 e. The van der Waals surface area contributed by atoms with E-state index in [-0.39, 0.29) is 18.8 Å². The summed E-state index contributed by atoms with van der Waals surface area (Å²) in [7, 11) is 0. The molecule has 0 saturated carbocycles. The number of anilines is 1. The van der Waals surface area contributed by atoms with Crippen molar-refractivity contribution in [2.45, 2.75) is 38.2 Å². The van der Waals surface area contributed by atoms with E-state index in [4.69, 9.17) is 18.9 Å². The number of carbonyl (C=O) groups is 1. The molecule has 2 aliphatic heterocycles. The fourth-order valence-electron chi connectivity index (χ4n) is 3.70. The summed E-state index contributed by atoms with van der Waals surface area (Å²) in [5.41, 5.74) is 1.01. The van der Waals surface area contributed by atoms with E-state index in [2.05, 4.69) is 5.32 Å². The van der Waals surface area contributed by atoms with Crippen LogP contribution in [-0.4, -0.2) is 32.0 Å². The lowest BCUT2D eigenvalue weighted by molar-refractivity contribution is -0.125. The number of benzene rings is 2. The Morgan fingerprint density at radius 2 is 1.75 bits per heavy atom. The summed E-state index contributed by atoms with van der Waals surface area (Å²) in [6.07, 6.45) is 1.34. The molecule has 2 aromatic rings. The molecule has 2 heterocycles. The molecule has 4 rings (SSSR count). The standard InChI is InChI=1S/C22H25NO5/c1-15(2)28-18-6-4-17(5-7-18)23-21(24)22(9-11-25-12-10-22)16-3-8-19-20(13-16)27-14-26-19/h3-8,13,15H,9-12,14H2,1-2H3,(H,23,24). The summed E-state index contributed by atoms with van der Waals surface area (Å²) < 4.78 is 22.1. The highest BCUT2D eigenvalue weighted by molar-refractivity contribution is 5.99. The molecule has 1 N–H and O–H groups in total. The van der Waals surface area contributed by atoms with Crippen LogP contribution >= 0.6 is 0 Å². The van der Waals surface area contributed by atoms with Crippen molar-refractivity contribution < 1.29 is 23.7 Å². The fraction of sp³-hybridized carbons (Fsp3) is 0.409. The molecule has 2 aliphatic rings. The second-order valence-corrected chi connectivity index (χ2v) is 7.41. The van der Waals surface area contributed by atoms with Crippen molar-refractivity contribution in [1.29, 1.82) is 0 Å². The number of carbonyl (C=O) groups excluding carboxylic acids is 1. The molecule has 28 heavy (non-hydrogen) atoms. The van der Waals surface area contributed by atoms with Crippen LogP contribution in [-0.2, 0) is 14.9 Å². The number of hydrogen-bond donors (Lipinski definition) is 1. The van der Waals surface area contributed by atoms with Crippen LogP contribution in [0.1, 0.15) is 32.3 Å². The van der Waals surface area contributed by atoms with Gasteiger partial charge in [-0.05, 0) is 68.7 Å². The number of hydrogen-bond acceptors (Lipinski definition) is 5. The first-order chi connectivity index (χ1) is 13.6. The number of fused-ring (bicyclic) bond motifs is 1. The van der Waals surface area contributed by atoms with E-state index in [9.17, 15) is 4.79 Å². The molecule has 148 valence electrons. The molecule has 6 heteroatoms. The number of amides is 1. The van der Waals surface area contributed by atoms with E-state index in [1.54, 1.807) is 0 Å². The Kier molecular flexibility index (Phi) is 5.13. The van der Waals surface area contributed by atoms with Gasteiger partial charge in [-0.3, -0.25) is 4.79 Å². The van der Waals surface area contributed by atoms with Crippen LogP contribution in [0.25, 0.3) is 0 Å². The molecular formula is C22H25NO5. The van der Waals surface area contributed by atoms with E-state index in [1.807, 2.05) is 56.3 Å². The SMILES string of the molecule is CC(C)Oc1ccc(NC(=O)C2(c3ccc4c(c3)OCO4)CCOCC2)cc1. The zero-order valence-electron chi connectivity index (χ0n) is 16.2. The topological polar surface area (TPSA) is 66.0 Å². The van der Waals surface area contributed by atoms with Gasteiger partial charge in [-0.2, -0.15) is 0 Å². The normalized spacial score (nSPS) is 17.4. The van der Waals surface area contributed by atoms with Crippen LogP contribution in [0.4, 0.5) is 5.69 Å². The van der Waals surface area contributed by atoms with Gasteiger partial charge in [0.25, 0.3) is 0 Å².